The van der Waals surface area contributed by atoms with Gasteiger partial charge in [-0.25, -0.2) is 0 Å². The van der Waals surface area contributed by atoms with Crippen LogP contribution in [0.25, 0.3) is 0 Å². The highest BCUT2D eigenvalue weighted by Crippen LogP contribution is 2.34. The predicted molar refractivity (Wildman–Crippen MR) is 61.0 cm³/mol. The highest BCUT2D eigenvalue weighted by molar-refractivity contribution is 7.10. The van der Waals surface area contributed by atoms with Gasteiger partial charge in [-0.3, -0.25) is 0 Å². The number of nitrogens with one attached hydrogen (secondary N) is 1. The summed E-state index contributed by atoms with van der Waals surface area (Å²) in [7, 11) is 0. The van der Waals surface area contributed by atoms with Gasteiger partial charge in [-0.15, -0.1) is 11.3 Å². The molecule has 6 heteroatoms. The van der Waals surface area contributed by atoms with Crippen molar-refractivity contribution in [2.75, 3.05) is 6.54 Å². The highest BCUT2D eigenvalue weighted by atomic mass is 35.5. The summed E-state index contributed by atoms with van der Waals surface area (Å²) in [5, 5.41) is 5.35. The molecular weight excluding hydrogens is 259 g/mol. The largest absolute Gasteiger partial charge is 0.389 e. The molecule has 1 atom stereocenters. The average Bonchev–Trinajstić information content (AvgIpc) is 2.57. The summed E-state index contributed by atoms with van der Waals surface area (Å²) < 4.78 is 36.4. The van der Waals surface area contributed by atoms with Crippen LogP contribution in [0.4, 0.5) is 13.2 Å². The van der Waals surface area contributed by atoms with E-state index in [-0.39, 0.29) is 12.5 Å². The molecule has 0 bridgehead atoms. The molecule has 16 heavy (non-hydrogen) atoms. The SMILES string of the molecule is CCNC(CCC(F)(F)F)c1sccc1Cl. The maximum atomic E-state index is 12.1. The number of rotatable bonds is 5. The van der Waals surface area contributed by atoms with Gasteiger partial charge >= 0.3 is 6.18 Å². The van der Waals surface area contributed by atoms with Crippen molar-refractivity contribution < 1.29 is 13.2 Å². The lowest BCUT2D eigenvalue weighted by Gasteiger charge is -2.17. The number of halogens is 4. The third kappa shape index (κ3) is 4.31. The molecule has 0 spiro atoms. The zero-order valence-corrected chi connectivity index (χ0v) is 10.3. The first-order valence-corrected chi connectivity index (χ1v) is 6.23. The molecule has 0 aliphatic rings. The fourth-order valence-electron chi connectivity index (χ4n) is 1.43. The fraction of sp³-hybridized carbons (Fsp3) is 0.600. The minimum atomic E-state index is -4.11. The van der Waals surface area contributed by atoms with Crippen LogP contribution < -0.4 is 5.32 Å². The molecule has 1 heterocycles. The minimum absolute atomic E-state index is 0.0254. The number of alkyl halides is 3. The van der Waals surface area contributed by atoms with E-state index in [1.807, 2.05) is 6.92 Å². The normalized spacial score (nSPS) is 14.1. The Bertz CT molecular complexity index is 324. The molecule has 0 amide bonds. The van der Waals surface area contributed by atoms with Crippen molar-refractivity contribution in [2.24, 2.45) is 0 Å². The van der Waals surface area contributed by atoms with Crippen LogP contribution in [0.15, 0.2) is 11.4 Å². The quantitative estimate of drug-likeness (QED) is 0.837. The maximum absolute atomic E-state index is 12.1. The maximum Gasteiger partial charge on any atom is 0.389 e. The zero-order chi connectivity index (χ0) is 12.2. The lowest BCUT2D eigenvalue weighted by molar-refractivity contribution is -0.136. The van der Waals surface area contributed by atoms with E-state index in [1.54, 1.807) is 11.4 Å². The van der Waals surface area contributed by atoms with E-state index in [2.05, 4.69) is 5.32 Å². The zero-order valence-electron chi connectivity index (χ0n) is 8.77. The summed E-state index contributed by atoms with van der Waals surface area (Å²) in [6, 6.07) is 1.40. The Morgan fingerprint density at radius 3 is 2.62 bits per heavy atom. The summed E-state index contributed by atoms with van der Waals surface area (Å²) >= 11 is 7.30. The molecule has 0 aliphatic carbocycles. The van der Waals surface area contributed by atoms with Crippen molar-refractivity contribution in [1.82, 2.24) is 5.32 Å². The molecule has 0 radical (unpaired) electrons. The molecule has 0 saturated carbocycles. The second-order valence-corrected chi connectivity index (χ2v) is 4.75. The van der Waals surface area contributed by atoms with Crippen molar-refractivity contribution >= 4 is 22.9 Å². The fourth-order valence-corrected chi connectivity index (χ4v) is 2.73. The van der Waals surface area contributed by atoms with Gasteiger partial charge in [-0.1, -0.05) is 18.5 Å². The van der Waals surface area contributed by atoms with Gasteiger partial charge in [0.2, 0.25) is 0 Å². The van der Waals surface area contributed by atoms with Gasteiger partial charge in [0, 0.05) is 17.3 Å². The predicted octanol–water partition coefficient (Wildman–Crippen LogP) is 4.39. The summed E-state index contributed by atoms with van der Waals surface area (Å²) in [5.41, 5.74) is 0. The molecule has 0 aliphatic heterocycles. The lowest BCUT2D eigenvalue weighted by Crippen LogP contribution is -2.22. The molecule has 92 valence electrons. The molecule has 1 N–H and O–H groups in total. The van der Waals surface area contributed by atoms with Crippen molar-refractivity contribution in [3.05, 3.63) is 21.3 Å². The van der Waals surface area contributed by atoms with Crippen LogP contribution in [0, 0.1) is 0 Å². The van der Waals surface area contributed by atoms with Crippen molar-refractivity contribution in [3.63, 3.8) is 0 Å². The summed E-state index contributed by atoms with van der Waals surface area (Å²) in [6.07, 6.45) is -4.88. The molecule has 1 nitrogen and oxygen atoms in total. The van der Waals surface area contributed by atoms with Crippen LogP contribution in [-0.2, 0) is 0 Å². The van der Waals surface area contributed by atoms with Crippen LogP contribution in [0.3, 0.4) is 0 Å². The molecule has 0 aromatic carbocycles. The Morgan fingerprint density at radius 1 is 1.50 bits per heavy atom. The Labute approximate surface area is 102 Å². The van der Waals surface area contributed by atoms with E-state index in [0.717, 1.165) is 4.88 Å². The Balaban J connectivity index is 2.65. The van der Waals surface area contributed by atoms with Crippen LogP contribution in [0.2, 0.25) is 5.02 Å². The van der Waals surface area contributed by atoms with E-state index in [0.29, 0.717) is 11.6 Å². The number of hydrogen-bond acceptors (Lipinski definition) is 2. The van der Waals surface area contributed by atoms with Crippen LogP contribution in [0.5, 0.6) is 0 Å². The first-order chi connectivity index (χ1) is 7.44. The minimum Gasteiger partial charge on any atom is -0.309 e. The van der Waals surface area contributed by atoms with Crippen molar-refractivity contribution in [1.29, 1.82) is 0 Å². The van der Waals surface area contributed by atoms with Crippen LogP contribution in [-0.4, -0.2) is 12.7 Å². The van der Waals surface area contributed by atoms with E-state index < -0.39 is 12.6 Å². The summed E-state index contributed by atoms with van der Waals surface area (Å²) in [6.45, 7) is 2.48. The Morgan fingerprint density at radius 2 is 2.19 bits per heavy atom. The first-order valence-electron chi connectivity index (χ1n) is 4.97. The molecule has 1 rings (SSSR count). The summed E-state index contributed by atoms with van der Waals surface area (Å²) in [4.78, 5) is 0.785. The highest BCUT2D eigenvalue weighted by Gasteiger charge is 2.29. The second kappa shape index (κ2) is 5.89. The molecule has 1 aromatic rings. The van der Waals surface area contributed by atoms with Gasteiger partial charge in [0.1, 0.15) is 0 Å². The van der Waals surface area contributed by atoms with E-state index in [4.69, 9.17) is 11.6 Å². The Kier molecular flexibility index (Phi) is 5.08. The van der Waals surface area contributed by atoms with Gasteiger partial charge in [0.25, 0.3) is 0 Å². The molecule has 1 aromatic heterocycles. The molecule has 1 unspecified atom stereocenters. The Hall–Kier alpha value is -0.260. The number of thiophene rings is 1. The van der Waals surface area contributed by atoms with Gasteiger partial charge in [-0.2, -0.15) is 13.2 Å². The van der Waals surface area contributed by atoms with Crippen molar-refractivity contribution in [2.45, 2.75) is 32.0 Å². The van der Waals surface area contributed by atoms with Crippen LogP contribution in [0.1, 0.15) is 30.7 Å². The second-order valence-electron chi connectivity index (χ2n) is 3.40. The smallest absolute Gasteiger partial charge is 0.309 e. The van der Waals surface area contributed by atoms with Gasteiger partial charge in [0.15, 0.2) is 0 Å². The van der Waals surface area contributed by atoms with E-state index in [9.17, 15) is 13.2 Å². The number of hydrogen-bond donors (Lipinski definition) is 1. The molecule has 0 fully saturated rings. The van der Waals surface area contributed by atoms with E-state index >= 15 is 0 Å². The van der Waals surface area contributed by atoms with Gasteiger partial charge in [0.05, 0.1) is 5.02 Å². The van der Waals surface area contributed by atoms with Crippen LogP contribution >= 0.6 is 22.9 Å². The average molecular weight is 272 g/mol. The van der Waals surface area contributed by atoms with Gasteiger partial charge < -0.3 is 5.32 Å². The van der Waals surface area contributed by atoms with Crippen molar-refractivity contribution in [3.8, 4) is 0 Å². The monoisotopic (exact) mass is 271 g/mol. The lowest BCUT2D eigenvalue weighted by atomic mass is 10.1. The molecule has 0 saturated heterocycles. The standard InChI is InChI=1S/C10H13ClF3NS/c1-2-15-8(3-5-10(12,13)14)9-7(11)4-6-16-9/h4,6,8,15H,2-3,5H2,1H3. The summed E-state index contributed by atoms with van der Waals surface area (Å²) in [5.74, 6) is 0. The third-order valence-electron chi connectivity index (χ3n) is 2.13. The topological polar surface area (TPSA) is 12.0 Å². The first kappa shape index (κ1) is 13.8. The molecular formula is C10H13ClF3NS. The van der Waals surface area contributed by atoms with Gasteiger partial charge in [-0.05, 0) is 24.4 Å². The van der Waals surface area contributed by atoms with E-state index in [1.165, 1.54) is 11.3 Å². The third-order valence-corrected chi connectivity index (χ3v) is 3.60.